The summed E-state index contributed by atoms with van der Waals surface area (Å²) in [4.78, 5) is 0. The van der Waals surface area contributed by atoms with Crippen molar-refractivity contribution in [1.82, 2.24) is 0 Å². The molecule has 1 heteroatoms. The van der Waals surface area contributed by atoms with E-state index in [0.29, 0.717) is 5.66 Å². The van der Waals surface area contributed by atoms with Gasteiger partial charge in [0.05, 0.1) is 0 Å². The Morgan fingerprint density at radius 3 is 2.00 bits per heavy atom. The van der Waals surface area contributed by atoms with Crippen LogP contribution >= 0.6 is 9.24 Å². The van der Waals surface area contributed by atoms with Crippen molar-refractivity contribution in [2.75, 3.05) is 0 Å². The van der Waals surface area contributed by atoms with Crippen LogP contribution in [0.15, 0.2) is 25.3 Å². The van der Waals surface area contributed by atoms with Crippen molar-refractivity contribution in [2.24, 2.45) is 0 Å². The van der Waals surface area contributed by atoms with E-state index in [0.717, 1.165) is 6.42 Å². The molecule has 0 aliphatic rings. The third-order valence-electron chi connectivity index (χ3n) is 0.742. The van der Waals surface area contributed by atoms with E-state index in [2.05, 4.69) is 22.4 Å². The zero-order valence-corrected chi connectivity index (χ0v) is 7.59. The summed E-state index contributed by atoms with van der Waals surface area (Å²) in [5, 5.41) is 0. The van der Waals surface area contributed by atoms with Crippen molar-refractivity contribution in [1.29, 1.82) is 0 Å². The SMILES string of the molecule is C=CCC(P)C=C.CC. The molecule has 0 aliphatic carbocycles. The first kappa shape index (κ1) is 11.7. The molecule has 0 rings (SSSR count). The van der Waals surface area contributed by atoms with E-state index in [1.807, 2.05) is 26.0 Å². The fourth-order valence-electron chi connectivity index (χ4n) is 0.289. The minimum absolute atomic E-state index is 0.512. The van der Waals surface area contributed by atoms with Crippen molar-refractivity contribution in [3.8, 4) is 0 Å². The third-order valence-corrected chi connectivity index (χ3v) is 1.29. The van der Waals surface area contributed by atoms with Crippen LogP contribution in [0.2, 0.25) is 0 Å². The Labute approximate surface area is 61.3 Å². The molecule has 0 N–H and O–H groups in total. The van der Waals surface area contributed by atoms with E-state index in [-0.39, 0.29) is 0 Å². The van der Waals surface area contributed by atoms with Gasteiger partial charge in [-0.15, -0.1) is 22.4 Å². The van der Waals surface area contributed by atoms with Crippen LogP contribution in [0, 0.1) is 0 Å². The van der Waals surface area contributed by atoms with Crippen molar-refractivity contribution in [3.05, 3.63) is 25.3 Å². The normalized spacial score (nSPS) is 10.6. The van der Waals surface area contributed by atoms with Crippen LogP contribution < -0.4 is 0 Å². The first-order chi connectivity index (χ1) is 4.31. The molecule has 0 nitrogen and oxygen atoms in total. The van der Waals surface area contributed by atoms with E-state index in [4.69, 9.17) is 0 Å². The minimum atomic E-state index is 0.512. The second-order valence-electron chi connectivity index (χ2n) is 1.42. The number of rotatable bonds is 3. The quantitative estimate of drug-likeness (QED) is 0.422. The second kappa shape index (κ2) is 10.8. The molecule has 2 unspecified atom stereocenters. The lowest BCUT2D eigenvalue weighted by molar-refractivity contribution is 1.08. The summed E-state index contributed by atoms with van der Waals surface area (Å²) >= 11 is 0. The molecule has 0 aromatic rings. The maximum Gasteiger partial charge on any atom is -0.00541 e. The van der Waals surface area contributed by atoms with Crippen molar-refractivity contribution in [2.45, 2.75) is 25.9 Å². The lowest BCUT2D eigenvalue weighted by atomic mass is 10.3. The molecule has 0 spiro atoms. The Bertz CT molecular complexity index is 67.0. The van der Waals surface area contributed by atoms with E-state index in [9.17, 15) is 0 Å². The first-order valence-corrected chi connectivity index (χ1v) is 3.97. The highest BCUT2D eigenvalue weighted by Crippen LogP contribution is 2.04. The predicted molar refractivity (Wildman–Crippen MR) is 49.9 cm³/mol. The molecule has 0 aromatic heterocycles. The highest BCUT2D eigenvalue weighted by Gasteiger charge is 1.86. The molecule has 0 amide bonds. The van der Waals surface area contributed by atoms with E-state index < -0.39 is 0 Å². The van der Waals surface area contributed by atoms with Crippen molar-refractivity contribution in [3.63, 3.8) is 0 Å². The van der Waals surface area contributed by atoms with Gasteiger partial charge in [-0.2, -0.15) is 0 Å². The van der Waals surface area contributed by atoms with Gasteiger partial charge in [-0.05, 0) is 12.1 Å². The third kappa shape index (κ3) is 11.5. The molecule has 2 atom stereocenters. The maximum absolute atomic E-state index is 3.61. The number of hydrogen-bond donors (Lipinski definition) is 0. The summed E-state index contributed by atoms with van der Waals surface area (Å²) < 4.78 is 0. The Hall–Kier alpha value is -0.0900. The summed E-state index contributed by atoms with van der Waals surface area (Å²) in [7, 11) is 2.67. The number of allylic oxidation sites excluding steroid dienone is 2. The highest BCUT2D eigenvalue weighted by atomic mass is 31.0. The minimum Gasteiger partial charge on any atom is -0.130 e. The maximum atomic E-state index is 3.61. The summed E-state index contributed by atoms with van der Waals surface area (Å²) in [5.41, 5.74) is 0.512. The molecule has 9 heavy (non-hydrogen) atoms. The number of hydrogen-bond acceptors (Lipinski definition) is 0. The van der Waals surface area contributed by atoms with Crippen LogP contribution in [0.5, 0.6) is 0 Å². The van der Waals surface area contributed by atoms with Gasteiger partial charge in [0.25, 0.3) is 0 Å². The zero-order chi connectivity index (χ0) is 7.70. The van der Waals surface area contributed by atoms with Gasteiger partial charge in [-0.25, -0.2) is 0 Å². The first-order valence-electron chi connectivity index (χ1n) is 3.30. The average molecular weight is 144 g/mol. The predicted octanol–water partition coefficient (Wildman–Crippen LogP) is 3.02. The summed E-state index contributed by atoms with van der Waals surface area (Å²) in [6, 6.07) is 0. The van der Waals surface area contributed by atoms with Gasteiger partial charge in [0.1, 0.15) is 0 Å². The Morgan fingerprint density at radius 2 is 1.89 bits per heavy atom. The van der Waals surface area contributed by atoms with Crippen LogP contribution in [-0.2, 0) is 0 Å². The zero-order valence-electron chi connectivity index (χ0n) is 6.43. The summed E-state index contributed by atoms with van der Waals surface area (Å²) in [6.07, 6.45) is 4.79. The molecule has 0 heterocycles. The molecular weight excluding hydrogens is 127 g/mol. The Kier molecular flexibility index (Phi) is 14.0. The fraction of sp³-hybridized carbons (Fsp3) is 0.500. The lowest BCUT2D eigenvalue weighted by Gasteiger charge is -1.95. The van der Waals surface area contributed by atoms with E-state index >= 15 is 0 Å². The van der Waals surface area contributed by atoms with Crippen LogP contribution in [0.4, 0.5) is 0 Å². The molecule has 0 saturated carbocycles. The van der Waals surface area contributed by atoms with Gasteiger partial charge in [0, 0.05) is 0 Å². The molecule has 0 bridgehead atoms. The van der Waals surface area contributed by atoms with Gasteiger partial charge in [-0.3, -0.25) is 0 Å². The Balaban J connectivity index is 0. The monoisotopic (exact) mass is 144 g/mol. The van der Waals surface area contributed by atoms with Gasteiger partial charge < -0.3 is 0 Å². The van der Waals surface area contributed by atoms with E-state index in [1.54, 1.807) is 0 Å². The highest BCUT2D eigenvalue weighted by molar-refractivity contribution is 7.17. The van der Waals surface area contributed by atoms with Crippen LogP contribution in [0.1, 0.15) is 20.3 Å². The van der Waals surface area contributed by atoms with Crippen LogP contribution in [0.3, 0.4) is 0 Å². The van der Waals surface area contributed by atoms with Crippen LogP contribution in [-0.4, -0.2) is 5.66 Å². The summed E-state index contributed by atoms with van der Waals surface area (Å²) in [6.45, 7) is 11.2. The fourth-order valence-corrected chi connectivity index (χ4v) is 0.481. The molecule has 0 fully saturated rings. The molecule has 0 aromatic carbocycles. The lowest BCUT2D eigenvalue weighted by Crippen LogP contribution is -1.85. The van der Waals surface area contributed by atoms with Gasteiger partial charge >= 0.3 is 0 Å². The smallest absolute Gasteiger partial charge is 0.00541 e. The van der Waals surface area contributed by atoms with Crippen molar-refractivity contribution >= 4 is 9.24 Å². The average Bonchev–Trinajstić information content (AvgIpc) is 1.93. The van der Waals surface area contributed by atoms with E-state index in [1.165, 1.54) is 0 Å². The summed E-state index contributed by atoms with van der Waals surface area (Å²) in [5.74, 6) is 0. The van der Waals surface area contributed by atoms with Gasteiger partial charge in [0.2, 0.25) is 0 Å². The van der Waals surface area contributed by atoms with Crippen LogP contribution in [0.25, 0.3) is 0 Å². The van der Waals surface area contributed by atoms with Gasteiger partial charge in [0.15, 0.2) is 0 Å². The second-order valence-corrected chi connectivity index (χ2v) is 2.28. The molecule has 0 saturated heterocycles. The Morgan fingerprint density at radius 1 is 1.44 bits per heavy atom. The van der Waals surface area contributed by atoms with Gasteiger partial charge in [-0.1, -0.05) is 26.0 Å². The molecule has 0 aliphatic heterocycles. The van der Waals surface area contributed by atoms with Crippen molar-refractivity contribution < 1.29 is 0 Å². The molecule has 0 radical (unpaired) electrons. The standard InChI is InChI=1S/C6H11P.C2H6/c1-3-5-6(7)4-2;1-2/h3-4,6H,1-2,5,7H2;1-2H3. The molecular formula is C8H17P. The topological polar surface area (TPSA) is 0 Å². The molecule has 54 valence electrons. The largest absolute Gasteiger partial charge is 0.130 e.